The fraction of sp³-hybridized carbons (Fsp3) is 0.804. The number of carbonyl (C=O) groups is 1. The minimum Gasteiger partial charge on any atom is -0.457 e. The molecule has 14 heteroatoms. The molecule has 11 atom stereocenters. The number of rotatable bonds is 43. The predicted molar refractivity (Wildman–Crippen MR) is 275 cm³/mol. The van der Waals surface area contributed by atoms with Crippen molar-refractivity contribution in [2.45, 2.75) is 255 Å². The monoisotopic (exact) mass is 995 g/mol. The maximum atomic E-state index is 13.0. The van der Waals surface area contributed by atoms with Crippen LogP contribution in [0.3, 0.4) is 0 Å². The Hall–Kier alpha value is -2.31. The average Bonchev–Trinajstić information content (AvgIpc) is 3.36. The number of hydrogen-bond acceptors (Lipinski definition) is 14. The number of carbonyl (C=O) groups excluding carboxylic acids is 1. The Morgan fingerprint density at radius 2 is 0.929 bits per heavy atom. The van der Waals surface area contributed by atoms with Gasteiger partial charge in [0.1, 0.15) is 54.9 Å². The third-order valence-electron chi connectivity index (χ3n) is 12.8. The molecule has 0 spiro atoms. The van der Waals surface area contributed by atoms with Crippen molar-refractivity contribution in [3.05, 3.63) is 60.8 Å². The van der Waals surface area contributed by atoms with Crippen LogP contribution < -0.4 is 0 Å². The highest BCUT2D eigenvalue weighted by Crippen LogP contribution is 2.26. The zero-order valence-corrected chi connectivity index (χ0v) is 43.2. The Morgan fingerprint density at radius 3 is 1.46 bits per heavy atom. The molecule has 0 amide bonds. The van der Waals surface area contributed by atoms with Crippen LogP contribution in [0, 0.1) is 0 Å². The first-order valence-corrected chi connectivity index (χ1v) is 27.4. The summed E-state index contributed by atoms with van der Waals surface area (Å²) in [5.74, 6) is -0.387. The fourth-order valence-electron chi connectivity index (χ4n) is 8.37. The van der Waals surface area contributed by atoms with Crippen molar-refractivity contribution in [3.63, 3.8) is 0 Å². The summed E-state index contributed by atoms with van der Waals surface area (Å²) >= 11 is 0. The summed E-state index contributed by atoms with van der Waals surface area (Å²) in [7, 11) is 0. The van der Waals surface area contributed by atoms with Gasteiger partial charge in [-0.05, 0) is 57.8 Å². The number of hydrogen-bond donors (Lipinski definition) is 7. The van der Waals surface area contributed by atoms with Gasteiger partial charge in [-0.15, -0.1) is 0 Å². The first-order valence-electron chi connectivity index (χ1n) is 27.4. The van der Waals surface area contributed by atoms with Crippen molar-refractivity contribution < 1.29 is 69.0 Å². The zero-order chi connectivity index (χ0) is 50.9. The van der Waals surface area contributed by atoms with E-state index in [0.717, 1.165) is 83.5 Å². The van der Waals surface area contributed by atoms with E-state index < -0.39 is 80.7 Å². The van der Waals surface area contributed by atoms with Gasteiger partial charge in [0.15, 0.2) is 12.6 Å². The lowest BCUT2D eigenvalue weighted by Gasteiger charge is -2.42. The molecule has 11 unspecified atom stereocenters. The van der Waals surface area contributed by atoms with Crippen LogP contribution in [0.2, 0.25) is 0 Å². The lowest BCUT2D eigenvalue weighted by molar-refractivity contribution is -0.332. The minimum absolute atomic E-state index is 0.0568. The van der Waals surface area contributed by atoms with Gasteiger partial charge >= 0.3 is 5.97 Å². The Balaban J connectivity index is 1.73. The fourth-order valence-corrected chi connectivity index (χ4v) is 8.37. The van der Waals surface area contributed by atoms with Crippen LogP contribution in [0.1, 0.15) is 187 Å². The maximum Gasteiger partial charge on any atom is 0.306 e. The Labute approximate surface area is 422 Å². The van der Waals surface area contributed by atoms with E-state index in [-0.39, 0.29) is 25.6 Å². The molecule has 0 aliphatic carbocycles. The molecule has 2 aliphatic heterocycles. The van der Waals surface area contributed by atoms with Crippen molar-refractivity contribution >= 4 is 5.97 Å². The smallest absolute Gasteiger partial charge is 0.306 e. The molecular formula is C56H98O14. The Kier molecular flexibility index (Phi) is 39.3. The predicted octanol–water partition coefficient (Wildman–Crippen LogP) is 8.91. The molecule has 2 rings (SSSR count). The number of ether oxygens (including phenoxy) is 6. The van der Waals surface area contributed by atoms with Crippen LogP contribution in [-0.2, 0) is 33.2 Å². The number of allylic oxidation sites excluding steroid dienone is 10. The van der Waals surface area contributed by atoms with E-state index >= 15 is 0 Å². The van der Waals surface area contributed by atoms with E-state index in [1.165, 1.54) is 77.0 Å². The lowest BCUT2D eigenvalue weighted by atomic mass is 9.98. The van der Waals surface area contributed by atoms with E-state index in [1.54, 1.807) is 0 Å². The molecule has 0 aromatic carbocycles. The van der Waals surface area contributed by atoms with E-state index in [9.17, 15) is 40.5 Å². The van der Waals surface area contributed by atoms with Gasteiger partial charge in [0.2, 0.25) is 0 Å². The summed E-state index contributed by atoms with van der Waals surface area (Å²) in [5.41, 5.74) is 0. The summed E-state index contributed by atoms with van der Waals surface area (Å²) in [6.45, 7) is 3.56. The summed E-state index contributed by atoms with van der Waals surface area (Å²) < 4.78 is 34.3. The van der Waals surface area contributed by atoms with Crippen LogP contribution in [0.25, 0.3) is 0 Å². The molecular weight excluding hydrogens is 897 g/mol. The number of aliphatic hydroxyl groups excluding tert-OH is 7. The van der Waals surface area contributed by atoms with E-state index in [4.69, 9.17) is 28.4 Å². The van der Waals surface area contributed by atoms with Gasteiger partial charge in [0.25, 0.3) is 0 Å². The van der Waals surface area contributed by atoms with Crippen LogP contribution in [-0.4, -0.2) is 142 Å². The second kappa shape index (κ2) is 43.1. The molecule has 0 aromatic rings. The number of aliphatic hydroxyl groups is 7. The van der Waals surface area contributed by atoms with Crippen molar-refractivity contribution in [3.8, 4) is 0 Å². The summed E-state index contributed by atoms with van der Waals surface area (Å²) in [6.07, 6.45) is 35.6. The second-order valence-corrected chi connectivity index (χ2v) is 19.0. The largest absolute Gasteiger partial charge is 0.457 e. The first kappa shape index (κ1) is 63.8. The highest BCUT2D eigenvalue weighted by molar-refractivity contribution is 5.69. The van der Waals surface area contributed by atoms with Crippen LogP contribution in [0.4, 0.5) is 0 Å². The van der Waals surface area contributed by atoms with Gasteiger partial charge in [-0.2, -0.15) is 0 Å². The molecule has 0 saturated carbocycles. The maximum absolute atomic E-state index is 13.0. The third kappa shape index (κ3) is 30.0. The van der Waals surface area contributed by atoms with Gasteiger partial charge in [-0.25, -0.2) is 0 Å². The molecule has 7 N–H and O–H groups in total. The van der Waals surface area contributed by atoms with E-state index in [0.29, 0.717) is 13.0 Å². The molecule has 2 fully saturated rings. The molecule has 0 aromatic heterocycles. The van der Waals surface area contributed by atoms with Crippen molar-refractivity contribution in [1.82, 2.24) is 0 Å². The molecule has 2 aliphatic rings. The van der Waals surface area contributed by atoms with E-state index in [1.807, 2.05) is 0 Å². The summed E-state index contributed by atoms with van der Waals surface area (Å²) in [4.78, 5) is 13.0. The van der Waals surface area contributed by atoms with Gasteiger partial charge in [-0.1, -0.05) is 184 Å². The quantitative estimate of drug-likeness (QED) is 0.0173. The SMILES string of the molecule is CC/C=C\C/C=C\C/C=C\C/C=C\C/C=C\CCCCCCCCCC(=O)OC(COCCCCCCCCCCCCCCC)COC1OC(COC2OC(CO)C(O)C(O)C2O)C(O)C(O)C1O. The summed E-state index contributed by atoms with van der Waals surface area (Å²) in [5, 5.41) is 72.2. The van der Waals surface area contributed by atoms with Crippen LogP contribution in [0.15, 0.2) is 60.8 Å². The minimum atomic E-state index is -1.71. The Morgan fingerprint density at radius 1 is 0.486 bits per heavy atom. The van der Waals surface area contributed by atoms with Crippen LogP contribution >= 0.6 is 0 Å². The highest BCUT2D eigenvalue weighted by atomic mass is 16.7. The van der Waals surface area contributed by atoms with Gasteiger partial charge in [-0.3, -0.25) is 4.79 Å². The van der Waals surface area contributed by atoms with Gasteiger partial charge in [0.05, 0.1) is 26.4 Å². The number of esters is 1. The normalized spacial score (nSPS) is 26.0. The molecule has 2 heterocycles. The summed E-state index contributed by atoms with van der Waals surface area (Å²) in [6, 6.07) is 0. The van der Waals surface area contributed by atoms with Crippen molar-refractivity contribution in [2.24, 2.45) is 0 Å². The molecule has 14 nitrogen and oxygen atoms in total. The molecule has 0 radical (unpaired) electrons. The lowest BCUT2D eigenvalue weighted by Crippen LogP contribution is -2.61. The topological polar surface area (TPSA) is 214 Å². The molecule has 70 heavy (non-hydrogen) atoms. The van der Waals surface area contributed by atoms with Crippen molar-refractivity contribution in [1.29, 1.82) is 0 Å². The third-order valence-corrected chi connectivity index (χ3v) is 12.8. The standard InChI is InChI=1S/C56H98O14/c1-3-5-7-9-11-13-15-17-18-19-20-21-22-23-24-25-26-27-29-31-33-35-37-39-48(58)68-45(42-65-40-38-36-34-32-30-28-16-14-12-10-8-6-4-2)43-66-55-54(64)52(62)50(60)47(70-55)44-67-56-53(63)51(61)49(59)46(41-57)69-56/h5,7,11,13,17-18,20-21,23-24,45-47,49-57,59-64H,3-4,6,8-10,12,14-16,19,22,25-44H2,1-2H3/b7-5-,13-11-,18-17-,21-20-,24-23-. The van der Waals surface area contributed by atoms with Gasteiger partial charge in [0, 0.05) is 13.0 Å². The highest BCUT2D eigenvalue weighted by Gasteiger charge is 2.47. The number of unbranched alkanes of at least 4 members (excludes halogenated alkanes) is 19. The van der Waals surface area contributed by atoms with Gasteiger partial charge < -0.3 is 64.2 Å². The van der Waals surface area contributed by atoms with E-state index in [2.05, 4.69) is 74.6 Å². The Bertz CT molecular complexity index is 1390. The molecule has 0 bridgehead atoms. The molecule has 406 valence electrons. The average molecular weight is 995 g/mol. The first-order chi connectivity index (χ1) is 34.1. The van der Waals surface area contributed by atoms with Crippen LogP contribution in [0.5, 0.6) is 0 Å². The van der Waals surface area contributed by atoms with Crippen molar-refractivity contribution in [2.75, 3.05) is 33.0 Å². The second-order valence-electron chi connectivity index (χ2n) is 19.0. The molecule has 2 saturated heterocycles. The zero-order valence-electron chi connectivity index (χ0n) is 43.2.